The maximum Gasteiger partial charge on any atom is 0.0302 e. The Morgan fingerprint density at radius 3 is 2.93 bits per heavy atom. The molecular formula is C11H19NS2. The van der Waals surface area contributed by atoms with E-state index in [0.29, 0.717) is 0 Å². The van der Waals surface area contributed by atoms with Crippen LogP contribution in [-0.2, 0) is 6.54 Å². The highest BCUT2D eigenvalue weighted by Crippen LogP contribution is 2.15. The molecule has 0 aromatic carbocycles. The molecule has 0 bridgehead atoms. The summed E-state index contributed by atoms with van der Waals surface area (Å²) in [4.78, 5) is 1.47. The molecule has 1 atom stereocenters. The molecule has 0 amide bonds. The van der Waals surface area contributed by atoms with Crippen molar-refractivity contribution in [3.63, 3.8) is 0 Å². The van der Waals surface area contributed by atoms with Crippen molar-refractivity contribution in [2.45, 2.75) is 20.4 Å². The quantitative estimate of drug-likeness (QED) is 0.804. The van der Waals surface area contributed by atoms with E-state index in [1.165, 1.54) is 16.2 Å². The summed E-state index contributed by atoms with van der Waals surface area (Å²) in [6, 6.07) is 2.19. The first-order valence-corrected chi connectivity index (χ1v) is 7.24. The molecule has 1 N–H and O–H groups in total. The summed E-state index contributed by atoms with van der Waals surface area (Å²) in [7, 11) is 0. The zero-order valence-electron chi connectivity index (χ0n) is 9.17. The van der Waals surface area contributed by atoms with Gasteiger partial charge in [0.2, 0.25) is 0 Å². The van der Waals surface area contributed by atoms with E-state index in [1.807, 2.05) is 23.1 Å². The van der Waals surface area contributed by atoms with Gasteiger partial charge in [-0.2, -0.15) is 11.8 Å². The van der Waals surface area contributed by atoms with Crippen LogP contribution in [0.3, 0.4) is 0 Å². The van der Waals surface area contributed by atoms with Crippen LogP contribution in [0.2, 0.25) is 0 Å². The number of hydrogen-bond acceptors (Lipinski definition) is 3. The van der Waals surface area contributed by atoms with Crippen molar-refractivity contribution in [3.8, 4) is 0 Å². The van der Waals surface area contributed by atoms with Gasteiger partial charge in [-0.25, -0.2) is 0 Å². The third-order valence-corrected chi connectivity index (χ3v) is 4.12. The van der Waals surface area contributed by atoms with Crippen molar-refractivity contribution < 1.29 is 0 Å². The lowest BCUT2D eigenvalue weighted by Gasteiger charge is -2.10. The third-order valence-electron chi connectivity index (χ3n) is 2.20. The standard InChI is InChI=1S/C11H19NS2/c1-9(8-13-3)6-12-7-11-10(2)4-5-14-11/h4-5,9,12H,6-8H2,1-3H3. The van der Waals surface area contributed by atoms with E-state index >= 15 is 0 Å². The molecule has 3 heteroatoms. The van der Waals surface area contributed by atoms with Crippen molar-refractivity contribution in [2.24, 2.45) is 5.92 Å². The van der Waals surface area contributed by atoms with Gasteiger partial charge >= 0.3 is 0 Å². The van der Waals surface area contributed by atoms with Gasteiger partial charge in [-0.3, -0.25) is 0 Å². The van der Waals surface area contributed by atoms with E-state index in [1.54, 1.807) is 0 Å². The number of aryl methyl sites for hydroxylation is 1. The molecule has 1 nitrogen and oxygen atoms in total. The zero-order valence-corrected chi connectivity index (χ0v) is 10.8. The number of thioether (sulfide) groups is 1. The molecule has 80 valence electrons. The minimum Gasteiger partial charge on any atom is -0.312 e. The molecule has 1 heterocycles. The Bertz CT molecular complexity index is 258. The van der Waals surface area contributed by atoms with Gasteiger partial charge in [-0.05, 0) is 48.4 Å². The fraction of sp³-hybridized carbons (Fsp3) is 0.636. The van der Waals surface area contributed by atoms with Crippen LogP contribution in [0.15, 0.2) is 11.4 Å². The highest BCUT2D eigenvalue weighted by Gasteiger charge is 2.02. The Balaban J connectivity index is 2.19. The molecule has 0 aliphatic rings. The molecule has 1 unspecified atom stereocenters. The number of hydrogen-bond donors (Lipinski definition) is 1. The van der Waals surface area contributed by atoms with Gasteiger partial charge < -0.3 is 5.32 Å². The molecule has 1 rings (SSSR count). The van der Waals surface area contributed by atoms with E-state index in [2.05, 4.69) is 36.9 Å². The van der Waals surface area contributed by atoms with Crippen LogP contribution in [0.1, 0.15) is 17.4 Å². The average Bonchev–Trinajstić information content (AvgIpc) is 2.52. The lowest BCUT2D eigenvalue weighted by Crippen LogP contribution is -2.21. The van der Waals surface area contributed by atoms with Gasteiger partial charge in [-0.15, -0.1) is 11.3 Å². The first-order valence-electron chi connectivity index (χ1n) is 4.96. The molecule has 0 aliphatic carbocycles. The second-order valence-corrected chi connectivity index (χ2v) is 5.63. The Morgan fingerprint density at radius 1 is 1.57 bits per heavy atom. The predicted molar refractivity (Wildman–Crippen MR) is 68.3 cm³/mol. The van der Waals surface area contributed by atoms with Crippen molar-refractivity contribution in [2.75, 3.05) is 18.6 Å². The molecule has 0 fully saturated rings. The van der Waals surface area contributed by atoms with Crippen molar-refractivity contribution >= 4 is 23.1 Å². The molecule has 14 heavy (non-hydrogen) atoms. The molecule has 1 aromatic rings. The van der Waals surface area contributed by atoms with E-state index in [4.69, 9.17) is 0 Å². The summed E-state index contributed by atoms with van der Waals surface area (Å²) in [6.45, 7) is 6.63. The Kier molecular flexibility index (Phi) is 5.60. The highest BCUT2D eigenvalue weighted by molar-refractivity contribution is 7.98. The van der Waals surface area contributed by atoms with E-state index in [9.17, 15) is 0 Å². The van der Waals surface area contributed by atoms with Crippen LogP contribution in [0, 0.1) is 12.8 Å². The summed E-state index contributed by atoms with van der Waals surface area (Å²) in [6.07, 6.45) is 2.17. The minimum absolute atomic E-state index is 0.769. The zero-order chi connectivity index (χ0) is 10.4. The Morgan fingerprint density at radius 2 is 2.36 bits per heavy atom. The number of rotatable bonds is 6. The van der Waals surface area contributed by atoms with Crippen molar-refractivity contribution in [1.82, 2.24) is 5.32 Å². The van der Waals surface area contributed by atoms with Crippen LogP contribution in [0.25, 0.3) is 0 Å². The molecule has 0 radical (unpaired) electrons. The van der Waals surface area contributed by atoms with Gasteiger partial charge in [0.25, 0.3) is 0 Å². The van der Waals surface area contributed by atoms with Gasteiger partial charge in [-0.1, -0.05) is 6.92 Å². The fourth-order valence-corrected chi connectivity index (χ4v) is 2.92. The van der Waals surface area contributed by atoms with Crippen LogP contribution in [0.4, 0.5) is 0 Å². The Hall–Kier alpha value is 0.0100. The summed E-state index contributed by atoms with van der Waals surface area (Å²) in [5.41, 5.74) is 1.42. The Labute approximate surface area is 95.3 Å². The number of nitrogens with one attached hydrogen (secondary N) is 1. The second-order valence-electron chi connectivity index (χ2n) is 3.72. The second kappa shape index (κ2) is 6.49. The SMILES string of the molecule is CSCC(C)CNCc1sccc1C. The average molecular weight is 229 g/mol. The smallest absolute Gasteiger partial charge is 0.0302 e. The van der Waals surface area contributed by atoms with Crippen molar-refractivity contribution in [3.05, 3.63) is 21.9 Å². The van der Waals surface area contributed by atoms with Gasteiger partial charge in [0.05, 0.1) is 0 Å². The van der Waals surface area contributed by atoms with Crippen molar-refractivity contribution in [1.29, 1.82) is 0 Å². The maximum atomic E-state index is 3.51. The van der Waals surface area contributed by atoms with E-state index in [0.717, 1.165) is 19.0 Å². The highest BCUT2D eigenvalue weighted by atomic mass is 32.2. The van der Waals surface area contributed by atoms with E-state index < -0.39 is 0 Å². The van der Waals surface area contributed by atoms with Gasteiger partial charge in [0.15, 0.2) is 0 Å². The largest absolute Gasteiger partial charge is 0.312 e. The maximum absolute atomic E-state index is 3.51. The minimum atomic E-state index is 0.769. The van der Waals surface area contributed by atoms with Crippen LogP contribution in [0.5, 0.6) is 0 Å². The summed E-state index contributed by atoms with van der Waals surface area (Å²) in [5.74, 6) is 2.02. The van der Waals surface area contributed by atoms with Crippen LogP contribution in [-0.4, -0.2) is 18.6 Å². The molecular weight excluding hydrogens is 210 g/mol. The molecule has 1 aromatic heterocycles. The first-order chi connectivity index (χ1) is 6.74. The monoisotopic (exact) mass is 229 g/mol. The molecule has 0 aliphatic heterocycles. The third kappa shape index (κ3) is 4.03. The van der Waals surface area contributed by atoms with Crippen LogP contribution >= 0.6 is 23.1 Å². The van der Waals surface area contributed by atoms with Crippen LogP contribution < -0.4 is 5.32 Å². The lowest BCUT2D eigenvalue weighted by atomic mass is 10.2. The summed E-state index contributed by atoms with van der Waals surface area (Å²) >= 11 is 3.77. The normalized spacial score (nSPS) is 13.1. The predicted octanol–water partition coefficient (Wildman–Crippen LogP) is 3.15. The topological polar surface area (TPSA) is 12.0 Å². The summed E-state index contributed by atoms with van der Waals surface area (Å²) in [5, 5.41) is 5.67. The lowest BCUT2D eigenvalue weighted by molar-refractivity contribution is 0.561. The first kappa shape index (κ1) is 12.1. The molecule has 0 saturated heterocycles. The fourth-order valence-electron chi connectivity index (χ4n) is 1.36. The molecule has 0 saturated carbocycles. The van der Waals surface area contributed by atoms with E-state index in [-0.39, 0.29) is 0 Å². The summed E-state index contributed by atoms with van der Waals surface area (Å²) < 4.78 is 0. The number of thiophene rings is 1. The van der Waals surface area contributed by atoms with Gasteiger partial charge in [0, 0.05) is 11.4 Å². The van der Waals surface area contributed by atoms with Gasteiger partial charge in [0.1, 0.15) is 0 Å². The molecule has 0 spiro atoms.